The molecule has 0 radical (unpaired) electrons. The van der Waals surface area contributed by atoms with Gasteiger partial charge in [0.1, 0.15) is 11.8 Å². The SMILES string of the molecule is COc1ccc(CNC(=O)C(CCSC)Nc2ccc3c(cc2=O)C(NC(C)=O)CCc2cc(OC)c(OC)c(OC)c2-3)cc1. The van der Waals surface area contributed by atoms with Gasteiger partial charge in [-0.25, -0.2) is 0 Å². The van der Waals surface area contributed by atoms with Gasteiger partial charge in [0.05, 0.1) is 40.2 Å². The van der Waals surface area contributed by atoms with Crippen LogP contribution in [0, 0.1) is 0 Å². The second-order valence-electron chi connectivity index (χ2n) is 10.6. The molecule has 0 aromatic heterocycles. The first-order valence-electron chi connectivity index (χ1n) is 14.7. The largest absolute Gasteiger partial charge is 0.497 e. The summed E-state index contributed by atoms with van der Waals surface area (Å²) in [5.74, 6) is 2.46. The smallest absolute Gasteiger partial charge is 0.242 e. The Hall–Kier alpha value is -4.38. The molecule has 3 aromatic rings. The predicted octanol–water partition coefficient (Wildman–Crippen LogP) is 4.72. The molecule has 3 N–H and O–H groups in total. The lowest BCUT2D eigenvalue weighted by Crippen LogP contribution is -2.40. The highest BCUT2D eigenvalue weighted by atomic mass is 32.2. The van der Waals surface area contributed by atoms with Crippen molar-refractivity contribution in [3.05, 3.63) is 75.4 Å². The number of carbonyl (C=O) groups is 2. The number of thioether (sulfide) groups is 1. The molecule has 0 saturated heterocycles. The quantitative estimate of drug-likeness (QED) is 0.245. The molecular formula is C34H41N3O7S. The van der Waals surface area contributed by atoms with E-state index in [1.54, 1.807) is 52.3 Å². The Kier molecular flexibility index (Phi) is 11.6. The molecule has 1 aliphatic carbocycles. The minimum atomic E-state index is -0.650. The third kappa shape index (κ3) is 7.83. The lowest BCUT2D eigenvalue weighted by Gasteiger charge is -2.19. The first kappa shape index (κ1) is 33.5. The van der Waals surface area contributed by atoms with Crippen LogP contribution in [0.3, 0.4) is 0 Å². The zero-order chi connectivity index (χ0) is 32.5. The third-order valence-corrected chi connectivity index (χ3v) is 8.44. The number of methoxy groups -OCH3 is 4. The molecule has 0 spiro atoms. The number of carbonyl (C=O) groups excluding carboxylic acids is 2. The predicted molar refractivity (Wildman–Crippen MR) is 178 cm³/mol. The van der Waals surface area contributed by atoms with Crippen LogP contribution in [0.25, 0.3) is 11.1 Å². The Morgan fingerprint density at radius 3 is 2.31 bits per heavy atom. The highest BCUT2D eigenvalue weighted by molar-refractivity contribution is 7.98. The van der Waals surface area contributed by atoms with Crippen LogP contribution in [-0.2, 0) is 22.6 Å². The average molecular weight is 636 g/mol. The van der Waals surface area contributed by atoms with E-state index in [1.165, 1.54) is 6.92 Å². The molecule has 3 aromatic carbocycles. The summed E-state index contributed by atoms with van der Waals surface area (Å²) in [6.45, 7) is 1.79. The summed E-state index contributed by atoms with van der Waals surface area (Å²) in [5, 5.41) is 9.23. The van der Waals surface area contributed by atoms with Crippen LogP contribution < -0.4 is 40.3 Å². The number of hydrogen-bond donors (Lipinski definition) is 3. The van der Waals surface area contributed by atoms with Crippen molar-refractivity contribution in [3.63, 3.8) is 0 Å². The molecule has 10 nitrogen and oxygen atoms in total. The van der Waals surface area contributed by atoms with E-state index in [4.69, 9.17) is 18.9 Å². The molecule has 1 aliphatic rings. The van der Waals surface area contributed by atoms with Gasteiger partial charge in [0.2, 0.25) is 23.0 Å². The van der Waals surface area contributed by atoms with Crippen molar-refractivity contribution in [3.8, 4) is 34.1 Å². The molecule has 0 saturated carbocycles. The van der Waals surface area contributed by atoms with E-state index < -0.39 is 12.1 Å². The van der Waals surface area contributed by atoms with Crippen LogP contribution in [-0.4, -0.2) is 58.3 Å². The number of anilines is 1. The van der Waals surface area contributed by atoms with Gasteiger partial charge in [-0.1, -0.05) is 18.2 Å². The fraction of sp³-hybridized carbons (Fsp3) is 0.382. The Labute approximate surface area is 268 Å². The summed E-state index contributed by atoms with van der Waals surface area (Å²) in [5.41, 5.74) is 3.96. The van der Waals surface area contributed by atoms with Gasteiger partial charge in [-0.3, -0.25) is 14.4 Å². The second-order valence-corrected chi connectivity index (χ2v) is 11.6. The second kappa shape index (κ2) is 15.6. The van der Waals surface area contributed by atoms with Gasteiger partial charge >= 0.3 is 0 Å². The average Bonchev–Trinajstić information content (AvgIpc) is 3.29. The van der Waals surface area contributed by atoms with Crippen molar-refractivity contribution < 1.29 is 28.5 Å². The van der Waals surface area contributed by atoms with Crippen LogP contribution in [0.2, 0.25) is 0 Å². The van der Waals surface area contributed by atoms with Gasteiger partial charge in [-0.05, 0) is 83.9 Å². The zero-order valence-corrected chi connectivity index (χ0v) is 27.4. The monoisotopic (exact) mass is 635 g/mol. The Balaban J connectivity index is 1.76. The van der Waals surface area contributed by atoms with E-state index in [-0.39, 0.29) is 22.9 Å². The molecule has 4 rings (SSSR count). The molecule has 2 atom stereocenters. The van der Waals surface area contributed by atoms with E-state index in [2.05, 4.69) is 16.0 Å². The van der Waals surface area contributed by atoms with Crippen molar-refractivity contribution in [2.45, 2.75) is 44.8 Å². The van der Waals surface area contributed by atoms with Crippen LogP contribution in [0.4, 0.5) is 5.69 Å². The fourth-order valence-electron chi connectivity index (χ4n) is 5.57. The fourth-order valence-corrected chi connectivity index (χ4v) is 6.05. The number of amides is 2. The zero-order valence-electron chi connectivity index (χ0n) is 26.6. The maximum Gasteiger partial charge on any atom is 0.242 e. The Bertz CT molecular complexity index is 1580. The van der Waals surface area contributed by atoms with Gasteiger partial charge < -0.3 is 34.9 Å². The highest BCUT2D eigenvalue weighted by Gasteiger charge is 2.30. The summed E-state index contributed by atoms with van der Waals surface area (Å²) in [6.07, 6.45) is 3.63. The number of hydrogen-bond acceptors (Lipinski definition) is 9. The van der Waals surface area contributed by atoms with Gasteiger partial charge in [0.25, 0.3) is 0 Å². The van der Waals surface area contributed by atoms with Gasteiger partial charge in [-0.2, -0.15) is 11.8 Å². The van der Waals surface area contributed by atoms with Crippen LogP contribution in [0.5, 0.6) is 23.0 Å². The number of rotatable bonds is 13. The molecule has 0 aliphatic heterocycles. The van der Waals surface area contributed by atoms with Crippen LogP contribution in [0.15, 0.2) is 53.3 Å². The summed E-state index contributed by atoms with van der Waals surface area (Å²) >= 11 is 1.62. The molecule has 11 heteroatoms. The minimum absolute atomic E-state index is 0.206. The van der Waals surface area contributed by atoms with Crippen molar-refractivity contribution in [2.75, 3.05) is 45.8 Å². The van der Waals surface area contributed by atoms with Crippen molar-refractivity contribution in [2.24, 2.45) is 0 Å². The highest BCUT2D eigenvalue weighted by Crippen LogP contribution is 2.50. The Morgan fingerprint density at radius 2 is 1.69 bits per heavy atom. The van der Waals surface area contributed by atoms with E-state index in [0.717, 1.165) is 22.4 Å². The lowest BCUT2D eigenvalue weighted by molar-refractivity contribution is -0.122. The van der Waals surface area contributed by atoms with Crippen LogP contribution in [0.1, 0.15) is 42.5 Å². The number of aryl methyl sites for hydroxylation is 1. The molecule has 2 unspecified atom stereocenters. The molecule has 45 heavy (non-hydrogen) atoms. The first-order valence-corrected chi connectivity index (χ1v) is 16.1. The lowest BCUT2D eigenvalue weighted by atomic mass is 9.95. The van der Waals surface area contributed by atoms with Gasteiger partial charge in [0, 0.05) is 19.0 Å². The van der Waals surface area contributed by atoms with Crippen molar-refractivity contribution in [1.82, 2.24) is 10.6 Å². The van der Waals surface area contributed by atoms with Crippen molar-refractivity contribution in [1.29, 1.82) is 0 Å². The van der Waals surface area contributed by atoms with Crippen LogP contribution >= 0.6 is 11.8 Å². The van der Waals surface area contributed by atoms with Crippen molar-refractivity contribution >= 4 is 29.3 Å². The summed E-state index contributed by atoms with van der Waals surface area (Å²) in [7, 11) is 6.27. The summed E-state index contributed by atoms with van der Waals surface area (Å²) in [4.78, 5) is 39.4. The number of ether oxygens (including phenoxy) is 4. The van der Waals surface area contributed by atoms with Gasteiger partial charge in [0.15, 0.2) is 11.5 Å². The standard InChI is InChI=1S/C34H41N3O7S/c1-20(38)36-26-13-9-22-17-30(42-3)32(43-4)33(44-5)31(22)24-12-14-27(29(39)18-25(24)26)37-28(15-16-45-6)34(40)35-19-21-7-10-23(41-2)11-8-21/h7-8,10-12,14,17-18,26,28H,9,13,15-16,19H2,1-6H3,(H,35,40)(H,36,38)(H,37,39). The molecule has 0 heterocycles. The normalized spacial score (nSPS) is 14.1. The number of benzene rings is 2. The molecular weight excluding hydrogens is 594 g/mol. The first-order chi connectivity index (χ1) is 21.7. The Morgan fingerprint density at radius 1 is 0.956 bits per heavy atom. The number of nitrogens with one attached hydrogen (secondary N) is 3. The molecule has 2 amide bonds. The summed E-state index contributed by atoms with van der Waals surface area (Å²) in [6, 6.07) is 13.4. The van der Waals surface area contributed by atoms with Gasteiger partial charge in [-0.15, -0.1) is 0 Å². The summed E-state index contributed by atoms with van der Waals surface area (Å²) < 4.78 is 22.4. The maximum atomic E-state index is 13.8. The topological polar surface area (TPSA) is 124 Å². The third-order valence-electron chi connectivity index (χ3n) is 7.80. The van der Waals surface area contributed by atoms with E-state index in [9.17, 15) is 14.4 Å². The molecule has 0 fully saturated rings. The van der Waals surface area contributed by atoms with E-state index in [1.807, 2.05) is 42.7 Å². The maximum absolute atomic E-state index is 13.8. The molecule has 0 bridgehead atoms. The number of fused-ring (bicyclic) bond motifs is 3. The molecule has 240 valence electrons. The van der Waals surface area contributed by atoms with E-state index in [0.29, 0.717) is 59.9 Å². The van der Waals surface area contributed by atoms with E-state index >= 15 is 0 Å². The minimum Gasteiger partial charge on any atom is -0.497 e.